The molecule has 2 aromatic carbocycles. The van der Waals surface area contributed by atoms with Crippen molar-refractivity contribution in [1.82, 2.24) is 0 Å². The first-order valence-corrected chi connectivity index (χ1v) is 7.80. The van der Waals surface area contributed by atoms with Gasteiger partial charge in [0.2, 0.25) is 0 Å². The Morgan fingerprint density at radius 1 is 1.04 bits per heavy atom. The molecule has 0 fully saturated rings. The molecule has 1 aliphatic rings. The van der Waals surface area contributed by atoms with Crippen molar-refractivity contribution in [3.05, 3.63) is 69.2 Å². The van der Waals surface area contributed by atoms with Gasteiger partial charge in [-0.25, -0.2) is 13.6 Å². The molecular weight excluding hydrogens is 338 g/mol. The van der Waals surface area contributed by atoms with E-state index < -0.39 is 24.2 Å². The van der Waals surface area contributed by atoms with Gasteiger partial charge in [0, 0.05) is 5.56 Å². The van der Waals surface area contributed by atoms with Crippen LogP contribution in [0.5, 0.6) is 0 Å². The zero-order chi connectivity index (χ0) is 17.3. The van der Waals surface area contributed by atoms with E-state index in [9.17, 15) is 18.4 Å². The summed E-state index contributed by atoms with van der Waals surface area (Å²) in [7, 11) is 0. The zero-order valence-corrected chi connectivity index (χ0v) is 13.3. The van der Waals surface area contributed by atoms with Crippen LogP contribution in [0.4, 0.5) is 8.78 Å². The van der Waals surface area contributed by atoms with Crippen LogP contribution in [0.2, 0.25) is 5.02 Å². The van der Waals surface area contributed by atoms with E-state index >= 15 is 0 Å². The van der Waals surface area contributed by atoms with Gasteiger partial charge in [0.1, 0.15) is 0 Å². The van der Waals surface area contributed by atoms with Gasteiger partial charge < -0.3 is 4.74 Å². The monoisotopic (exact) mass is 350 g/mol. The summed E-state index contributed by atoms with van der Waals surface area (Å²) in [6.45, 7) is -0.493. The lowest BCUT2D eigenvalue weighted by Crippen LogP contribution is -2.15. The molecule has 24 heavy (non-hydrogen) atoms. The smallest absolute Gasteiger partial charge is 0.340 e. The van der Waals surface area contributed by atoms with E-state index in [1.807, 2.05) is 12.1 Å². The van der Waals surface area contributed by atoms with Gasteiger partial charge in [-0.15, -0.1) is 0 Å². The van der Waals surface area contributed by atoms with Gasteiger partial charge in [-0.1, -0.05) is 23.7 Å². The Morgan fingerprint density at radius 3 is 2.54 bits per heavy atom. The lowest BCUT2D eigenvalue weighted by atomic mass is 10.0. The molecule has 0 spiro atoms. The molecule has 0 saturated carbocycles. The third-order valence-electron chi connectivity index (χ3n) is 3.98. The number of carbonyl (C=O) groups is 2. The highest BCUT2D eigenvalue weighted by molar-refractivity contribution is 6.33. The first-order chi connectivity index (χ1) is 11.5. The Bertz CT molecular complexity index is 833. The molecule has 2 aromatic rings. The van der Waals surface area contributed by atoms with Crippen molar-refractivity contribution in [2.75, 3.05) is 6.61 Å². The summed E-state index contributed by atoms with van der Waals surface area (Å²) < 4.78 is 31.1. The number of ketones is 1. The maximum absolute atomic E-state index is 13.2. The molecule has 0 amide bonds. The van der Waals surface area contributed by atoms with Gasteiger partial charge in [-0.2, -0.15) is 0 Å². The number of aryl methyl sites for hydroxylation is 2. The van der Waals surface area contributed by atoms with Crippen LogP contribution in [0.1, 0.15) is 38.3 Å². The number of benzene rings is 2. The number of Topliss-reactive ketones (excluding diaryl/α,β-unsaturated/α-hetero) is 1. The lowest BCUT2D eigenvalue weighted by Gasteiger charge is -2.07. The van der Waals surface area contributed by atoms with Crippen LogP contribution in [0.25, 0.3) is 0 Å². The molecule has 6 heteroatoms. The molecule has 0 unspecified atom stereocenters. The van der Waals surface area contributed by atoms with Gasteiger partial charge in [0.15, 0.2) is 24.0 Å². The van der Waals surface area contributed by atoms with Crippen molar-refractivity contribution in [1.29, 1.82) is 0 Å². The molecule has 3 rings (SSSR count). The maximum atomic E-state index is 13.2. The quantitative estimate of drug-likeness (QED) is 0.473. The number of carbonyl (C=O) groups excluding carboxylic acids is 2. The number of hydrogen-bond acceptors (Lipinski definition) is 3. The van der Waals surface area contributed by atoms with E-state index in [1.165, 1.54) is 5.56 Å². The lowest BCUT2D eigenvalue weighted by molar-refractivity contribution is 0.0474. The standard InChI is InChI=1S/C18H13ClF2O3/c19-14-8-16(21)15(20)7-13(14)18(23)24-9-17(22)12-5-4-10-2-1-3-11(10)6-12/h4-8H,1-3,9H2. The molecule has 0 radical (unpaired) electrons. The number of esters is 1. The Morgan fingerprint density at radius 2 is 1.75 bits per heavy atom. The van der Waals surface area contributed by atoms with Gasteiger partial charge >= 0.3 is 5.97 Å². The highest BCUT2D eigenvalue weighted by atomic mass is 35.5. The van der Waals surface area contributed by atoms with Gasteiger partial charge in [0.25, 0.3) is 0 Å². The normalized spacial score (nSPS) is 12.8. The number of fused-ring (bicyclic) bond motifs is 1. The molecule has 0 aromatic heterocycles. The van der Waals surface area contributed by atoms with E-state index in [0.717, 1.165) is 24.8 Å². The summed E-state index contributed by atoms with van der Waals surface area (Å²) in [5, 5.41) is -0.274. The third kappa shape index (κ3) is 3.31. The summed E-state index contributed by atoms with van der Waals surface area (Å²) in [6, 6.07) is 6.76. The van der Waals surface area contributed by atoms with Crippen LogP contribution in [-0.2, 0) is 17.6 Å². The fraction of sp³-hybridized carbons (Fsp3) is 0.222. The second-order valence-electron chi connectivity index (χ2n) is 5.58. The van der Waals surface area contributed by atoms with Crippen LogP contribution >= 0.6 is 11.6 Å². The molecule has 0 bridgehead atoms. The predicted octanol–water partition coefficient (Wildman–Crippen LogP) is 4.15. The number of ether oxygens (including phenoxy) is 1. The fourth-order valence-corrected chi connectivity index (χ4v) is 2.94. The van der Waals surface area contributed by atoms with Gasteiger partial charge in [-0.3, -0.25) is 4.79 Å². The number of hydrogen-bond donors (Lipinski definition) is 0. The van der Waals surface area contributed by atoms with Gasteiger partial charge in [-0.05, 0) is 48.6 Å². The van der Waals surface area contributed by atoms with Crippen molar-refractivity contribution in [3.63, 3.8) is 0 Å². The van der Waals surface area contributed by atoms with E-state index in [0.29, 0.717) is 17.7 Å². The Labute approximate surface area is 142 Å². The van der Waals surface area contributed by atoms with E-state index in [1.54, 1.807) is 6.07 Å². The maximum Gasteiger partial charge on any atom is 0.340 e. The highest BCUT2D eigenvalue weighted by Crippen LogP contribution is 2.23. The molecule has 124 valence electrons. The van der Waals surface area contributed by atoms with E-state index in [-0.39, 0.29) is 16.4 Å². The highest BCUT2D eigenvalue weighted by Gasteiger charge is 2.19. The Hall–Kier alpha value is -2.27. The van der Waals surface area contributed by atoms with Crippen molar-refractivity contribution in [2.24, 2.45) is 0 Å². The molecule has 0 aliphatic heterocycles. The molecule has 0 N–H and O–H groups in total. The second-order valence-corrected chi connectivity index (χ2v) is 5.99. The summed E-state index contributed by atoms with van der Waals surface area (Å²) in [6.07, 6.45) is 3.00. The summed E-state index contributed by atoms with van der Waals surface area (Å²) in [5.74, 6) is -3.72. The Balaban J connectivity index is 1.68. The van der Waals surface area contributed by atoms with Crippen LogP contribution in [0.15, 0.2) is 30.3 Å². The van der Waals surface area contributed by atoms with Crippen LogP contribution < -0.4 is 0 Å². The van der Waals surface area contributed by atoms with Crippen molar-refractivity contribution < 1.29 is 23.1 Å². The van der Waals surface area contributed by atoms with Crippen LogP contribution in [-0.4, -0.2) is 18.4 Å². The largest absolute Gasteiger partial charge is 0.454 e. The van der Waals surface area contributed by atoms with Crippen LogP contribution in [0, 0.1) is 11.6 Å². The minimum atomic E-state index is -1.21. The number of halogens is 3. The zero-order valence-electron chi connectivity index (χ0n) is 12.6. The molecule has 0 heterocycles. The molecule has 1 aliphatic carbocycles. The van der Waals surface area contributed by atoms with E-state index in [4.69, 9.17) is 16.3 Å². The molecular formula is C18H13ClF2O3. The average molecular weight is 351 g/mol. The predicted molar refractivity (Wildman–Crippen MR) is 84.4 cm³/mol. The van der Waals surface area contributed by atoms with Crippen molar-refractivity contribution in [2.45, 2.75) is 19.3 Å². The SMILES string of the molecule is O=C(COC(=O)c1cc(F)c(F)cc1Cl)c1ccc2c(c1)CCC2. The first-order valence-electron chi connectivity index (χ1n) is 7.42. The van der Waals surface area contributed by atoms with E-state index in [2.05, 4.69) is 0 Å². The minimum absolute atomic E-state index is 0.274. The summed E-state index contributed by atoms with van der Waals surface area (Å²) >= 11 is 5.70. The molecule has 3 nitrogen and oxygen atoms in total. The second kappa shape index (κ2) is 6.69. The van der Waals surface area contributed by atoms with Crippen molar-refractivity contribution in [3.8, 4) is 0 Å². The third-order valence-corrected chi connectivity index (χ3v) is 4.30. The van der Waals surface area contributed by atoms with Crippen molar-refractivity contribution >= 4 is 23.4 Å². The topological polar surface area (TPSA) is 43.4 Å². The summed E-state index contributed by atoms with van der Waals surface area (Å²) in [5.41, 5.74) is 2.50. The summed E-state index contributed by atoms with van der Waals surface area (Å²) in [4.78, 5) is 24.0. The molecule has 0 saturated heterocycles. The number of rotatable bonds is 4. The fourth-order valence-electron chi connectivity index (χ4n) is 2.72. The van der Waals surface area contributed by atoms with Gasteiger partial charge in [0.05, 0.1) is 10.6 Å². The molecule has 0 atom stereocenters. The average Bonchev–Trinajstić information content (AvgIpc) is 3.03. The Kier molecular flexibility index (Phi) is 4.62. The first kappa shape index (κ1) is 16.6. The van der Waals surface area contributed by atoms with Crippen LogP contribution in [0.3, 0.4) is 0 Å². The minimum Gasteiger partial charge on any atom is -0.454 e.